The van der Waals surface area contributed by atoms with Gasteiger partial charge in [-0.25, -0.2) is 4.98 Å². The number of carbonyl (C=O) groups is 1. The summed E-state index contributed by atoms with van der Waals surface area (Å²) in [5.74, 6) is 0.762. The Morgan fingerprint density at radius 3 is 2.75 bits per heavy atom. The maximum Gasteiger partial charge on any atom is 0.316 e. The number of carbonyl (C=O) groups excluding carboxylic acids is 1. The molecular formula is C14H20N4O2. The zero-order chi connectivity index (χ0) is 14.7. The maximum absolute atomic E-state index is 12.1. The van der Waals surface area contributed by atoms with E-state index in [9.17, 15) is 4.79 Å². The lowest BCUT2D eigenvalue weighted by atomic mass is 10.0. The molecule has 2 heterocycles. The number of ether oxygens (including phenoxy) is 1. The van der Waals surface area contributed by atoms with Gasteiger partial charge in [0.25, 0.3) is 0 Å². The third-order valence-corrected chi connectivity index (χ3v) is 3.17. The zero-order valence-electron chi connectivity index (χ0n) is 12.4. The van der Waals surface area contributed by atoms with Crippen LogP contribution in [-0.2, 0) is 9.53 Å². The number of esters is 1. The molecule has 0 saturated heterocycles. The lowest BCUT2D eigenvalue weighted by molar-refractivity contribution is -0.145. The first-order valence-corrected chi connectivity index (χ1v) is 6.94. The highest BCUT2D eigenvalue weighted by Crippen LogP contribution is 2.23. The number of hydrogen-bond acceptors (Lipinski definition) is 5. The van der Waals surface area contributed by atoms with Crippen LogP contribution >= 0.6 is 0 Å². The highest BCUT2D eigenvalue weighted by atomic mass is 16.5. The van der Waals surface area contributed by atoms with Crippen molar-refractivity contribution in [3.63, 3.8) is 0 Å². The molecule has 108 valence electrons. The van der Waals surface area contributed by atoms with Crippen molar-refractivity contribution in [3.05, 3.63) is 23.4 Å². The molecule has 0 aliphatic carbocycles. The average molecular weight is 276 g/mol. The van der Waals surface area contributed by atoms with Gasteiger partial charge in [-0.05, 0) is 27.2 Å². The Kier molecular flexibility index (Phi) is 4.32. The third-order valence-electron chi connectivity index (χ3n) is 3.17. The second-order valence-electron chi connectivity index (χ2n) is 4.79. The van der Waals surface area contributed by atoms with E-state index >= 15 is 0 Å². The molecule has 2 rings (SSSR count). The topological polar surface area (TPSA) is 69.4 Å². The van der Waals surface area contributed by atoms with Crippen molar-refractivity contribution in [2.75, 3.05) is 6.61 Å². The smallest absolute Gasteiger partial charge is 0.316 e. The Bertz CT molecular complexity index is 621. The summed E-state index contributed by atoms with van der Waals surface area (Å²) >= 11 is 0. The van der Waals surface area contributed by atoms with E-state index in [-0.39, 0.29) is 5.97 Å². The van der Waals surface area contributed by atoms with Gasteiger partial charge in [-0.2, -0.15) is 0 Å². The van der Waals surface area contributed by atoms with E-state index in [0.717, 1.165) is 23.6 Å². The van der Waals surface area contributed by atoms with Gasteiger partial charge >= 0.3 is 5.97 Å². The van der Waals surface area contributed by atoms with Gasteiger partial charge in [0, 0.05) is 11.8 Å². The first-order chi connectivity index (χ1) is 9.58. The average Bonchev–Trinajstić information content (AvgIpc) is 2.79. The Hall–Kier alpha value is -1.98. The Labute approximate surface area is 118 Å². The molecule has 1 atom stereocenters. The number of rotatable bonds is 5. The predicted octanol–water partition coefficient (Wildman–Crippen LogP) is 2.19. The van der Waals surface area contributed by atoms with Crippen LogP contribution in [0.15, 0.2) is 6.07 Å². The molecule has 0 aliphatic heterocycles. The van der Waals surface area contributed by atoms with Crippen molar-refractivity contribution in [1.29, 1.82) is 0 Å². The van der Waals surface area contributed by atoms with Gasteiger partial charge in [0.2, 0.25) is 0 Å². The number of hydrogen-bond donors (Lipinski definition) is 0. The Balaban J connectivity index is 2.51. The molecule has 20 heavy (non-hydrogen) atoms. The van der Waals surface area contributed by atoms with E-state index in [1.807, 2.05) is 31.2 Å². The molecule has 0 amide bonds. The van der Waals surface area contributed by atoms with Crippen LogP contribution in [0.2, 0.25) is 0 Å². The number of aryl methyl sites for hydroxylation is 2. The van der Waals surface area contributed by atoms with Gasteiger partial charge in [-0.1, -0.05) is 13.3 Å². The summed E-state index contributed by atoms with van der Waals surface area (Å²) in [6.07, 6.45) is 1.56. The molecule has 0 N–H and O–H groups in total. The molecule has 1 unspecified atom stereocenters. The predicted molar refractivity (Wildman–Crippen MR) is 74.5 cm³/mol. The highest BCUT2D eigenvalue weighted by Gasteiger charge is 2.27. The molecule has 0 fully saturated rings. The van der Waals surface area contributed by atoms with Crippen LogP contribution in [0.3, 0.4) is 0 Å². The van der Waals surface area contributed by atoms with Crippen molar-refractivity contribution in [2.45, 2.75) is 46.5 Å². The van der Waals surface area contributed by atoms with Crippen LogP contribution in [0.1, 0.15) is 49.9 Å². The molecule has 6 nitrogen and oxygen atoms in total. The van der Waals surface area contributed by atoms with E-state index in [1.54, 1.807) is 6.92 Å². The van der Waals surface area contributed by atoms with E-state index < -0.39 is 5.92 Å². The van der Waals surface area contributed by atoms with E-state index in [1.165, 1.54) is 0 Å². The van der Waals surface area contributed by atoms with Gasteiger partial charge < -0.3 is 4.74 Å². The van der Waals surface area contributed by atoms with Crippen molar-refractivity contribution < 1.29 is 9.53 Å². The van der Waals surface area contributed by atoms with Gasteiger partial charge in [0.15, 0.2) is 11.5 Å². The largest absolute Gasteiger partial charge is 0.465 e. The van der Waals surface area contributed by atoms with Crippen molar-refractivity contribution in [1.82, 2.24) is 19.6 Å². The molecule has 0 aliphatic rings. The Morgan fingerprint density at radius 2 is 2.10 bits per heavy atom. The van der Waals surface area contributed by atoms with Gasteiger partial charge in [0.05, 0.1) is 6.61 Å². The maximum atomic E-state index is 12.1. The number of fused-ring (bicyclic) bond motifs is 1. The molecule has 6 heteroatoms. The molecule has 0 radical (unpaired) electrons. The summed E-state index contributed by atoms with van der Waals surface area (Å²) in [5.41, 5.74) is 1.60. The zero-order valence-corrected chi connectivity index (χ0v) is 12.4. The standard InChI is InChI=1S/C14H20N4O2/c1-5-7-11(14(19)20-6-2)13-17-16-12-8-9(3)15-10(4)18(12)13/h8,11H,5-7H2,1-4H3. The molecule has 0 aromatic carbocycles. The Morgan fingerprint density at radius 1 is 1.35 bits per heavy atom. The van der Waals surface area contributed by atoms with Gasteiger partial charge in [0.1, 0.15) is 11.7 Å². The summed E-state index contributed by atoms with van der Waals surface area (Å²) < 4.78 is 6.99. The molecule has 0 saturated carbocycles. The summed E-state index contributed by atoms with van der Waals surface area (Å²) in [4.78, 5) is 16.5. The molecule has 2 aromatic rings. The number of aromatic nitrogens is 4. The van der Waals surface area contributed by atoms with E-state index in [0.29, 0.717) is 18.9 Å². The normalized spacial score (nSPS) is 12.6. The minimum Gasteiger partial charge on any atom is -0.465 e. The minimum absolute atomic E-state index is 0.247. The fourth-order valence-corrected chi connectivity index (χ4v) is 2.37. The van der Waals surface area contributed by atoms with Crippen molar-refractivity contribution in [2.24, 2.45) is 0 Å². The summed E-state index contributed by atoms with van der Waals surface area (Å²) in [5, 5.41) is 8.34. The summed E-state index contributed by atoms with van der Waals surface area (Å²) in [6, 6.07) is 1.86. The number of nitrogens with zero attached hydrogens (tertiary/aromatic N) is 4. The second kappa shape index (κ2) is 5.98. The van der Waals surface area contributed by atoms with Gasteiger partial charge in [-0.15, -0.1) is 10.2 Å². The lowest BCUT2D eigenvalue weighted by Gasteiger charge is -2.14. The van der Waals surface area contributed by atoms with Gasteiger partial charge in [-0.3, -0.25) is 9.20 Å². The third kappa shape index (κ3) is 2.64. The van der Waals surface area contributed by atoms with Crippen LogP contribution in [0.4, 0.5) is 0 Å². The van der Waals surface area contributed by atoms with Crippen molar-refractivity contribution >= 4 is 11.6 Å². The second-order valence-corrected chi connectivity index (χ2v) is 4.79. The summed E-state index contributed by atoms with van der Waals surface area (Å²) in [6.45, 7) is 8.01. The minimum atomic E-state index is -0.391. The van der Waals surface area contributed by atoms with Crippen LogP contribution in [0.5, 0.6) is 0 Å². The summed E-state index contributed by atoms with van der Waals surface area (Å²) in [7, 11) is 0. The SMILES string of the molecule is CCCC(C(=O)OCC)c1nnc2cc(C)nc(C)n12. The van der Waals surface area contributed by atoms with Crippen molar-refractivity contribution in [3.8, 4) is 0 Å². The van der Waals surface area contributed by atoms with Crippen LogP contribution in [-0.4, -0.2) is 32.2 Å². The lowest BCUT2D eigenvalue weighted by Crippen LogP contribution is -2.19. The molecule has 2 aromatic heterocycles. The van der Waals surface area contributed by atoms with Crippen LogP contribution in [0, 0.1) is 13.8 Å². The fourth-order valence-electron chi connectivity index (χ4n) is 2.37. The monoisotopic (exact) mass is 276 g/mol. The molecule has 0 spiro atoms. The van der Waals surface area contributed by atoms with Crippen LogP contribution < -0.4 is 0 Å². The molecule has 0 bridgehead atoms. The first kappa shape index (κ1) is 14.4. The highest BCUT2D eigenvalue weighted by molar-refractivity contribution is 5.77. The van der Waals surface area contributed by atoms with E-state index in [4.69, 9.17) is 4.74 Å². The fraction of sp³-hybridized carbons (Fsp3) is 0.571. The quantitative estimate of drug-likeness (QED) is 0.783. The van der Waals surface area contributed by atoms with E-state index in [2.05, 4.69) is 15.2 Å². The van der Waals surface area contributed by atoms with Crippen LogP contribution in [0.25, 0.3) is 5.65 Å². The molecular weight excluding hydrogens is 256 g/mol. The first-order valence-electron chi connectivity index (χ1n) is 6.94.